The van der Waals surface area contributed by atoms with Crippen LogP contribution < -0.4 is 10.6 Å². The van der Waals surface area contributed by atoms with Crippen LogP contribution in [-0.2, 0) is 14.3 Å². The Balaban J connectivity index is 0.000000285. The van der Waals surface area contributed by atoms with Crippen molar-refractivity contribution in [2.45, 2.75) is 20.0 Å². The molecule has 2 amide bonds. The van der Waals surface area contributed by atoms with E-state index in [-0.39, 0.29) is 11.7 Å². The number of carbonyl (C=O) groups is 2. The van der Waals surface area contributed by atoms with Crippen LogP contribution in [0, 0.1) is 11.2 Å². The zero-order valence-electron chi connectivity index (χ0n) is 19.2. The van der Waals surface area contributed by atoms with Gasteiger partial charge in [0, 0.05) is 42.1 Å². The molecule has 0 radical (unpaired) electrons. The number of nitrogens with one attached hydrogen (secondary N) is 2. The van der Waals surface area contributed by atoms with E-state index in [9.17, 15) is 14.0 Å². The molecular weight excluding hydrogens is 443 g/mol. The molecule has 2 aromatic heterocycles. The zero-order valence-corrected chi connectivity index (χ0v) is 19.2. The van der Waals surface area contributed by atoms with Crippen LogP contribution in [-0.4, -0.2) is 71.2 Å². The number of carbonyl (C=O) groups excluding carboxylic acids is 2. The molecule has 2 aliphatic heterocycles. The molecule has 0 unspecified atom stereocenters. The van der Waals surface area contributed by atoms with E-state index < -0.39 is 11.9 Å². The van der Waals surface area contributed by atoms with Gasteiger partial charge >= 0.3 is 6.09 Å². The Morgan fingerprint density at radius 2 is 2.03 bits per heavy atom. The highest BCUT2D eigenvalue weighted by atomic mass is 19.1. The Morgan fingerprint density at radius 3 is 2.62 bits per heavy atom. The van der Waals surface area contributed by atoms with E-state index in [4.69, 9.17) is 9.47 Å². The lowest BCUT2D eigenvalue weighted by Gasteiger charge is -2.53. The number of imidazole rings is 1. The third kappa shape index (κ3) is 5.32. The number of fused-ring (bicyclic) bond motifs is 1. The van der Waals surface area contributed by atoms with E-state index >= 15 is 0 Å². The van der Waals surface area contributed by atoms with Crippen LogP contribution in [0.25, 0.3) is 17.0 Å². The highest BCUT2D eigenvalue weighted by molar-refractivity contribution is 5.84. The summed E-state index contributed by atoms with van der Waals surface area (Å²) in [7, 11) is 2.16. The van der Waals surface area contributed by atoms with Crippen molar-refractivity contribution >= 4 is 29.7 Å². The van der Waals surface area contributed by atoms with Crippen LogP contribution in [0.1, 0.15) is 13.8 Å². The number of hydrogen-bond acceptors (Lipinski definition) is 7. The molecule has 2 saturated heterocycles. The summed E-state index contributed by atoms with van der Waals surface area (Å²) in [5, 5.41) is 5.02. The predicted octanol–water partition coefficient (Wildman–Crippen LogP) is 3.01. The topological polar surface area (TPSA) is 110 Å². The van der Waals surface area contributed by atoms with Gasteiger partial charge in [-0.05, 0) is 39.1 Å². The first-order valence-electron chi connectivity index (χ1n) is 10.9. The molecule has 0 atom stereocenters. The van der Waals surface area contributed by atoms with E-state index in [1.807, 2.05) is 0 Å². The Hall–Kier alpha value is -3.57. The lowest BCUT2D eigenvalue weighted by molar-refractivity contribution is -0.182. The second-order valence-corrected chi connectivity index (χ2v) is 8.88. The van der Waals surface area contributed by atoms with Gasteiger partial charge in [-0.15, -0.1) is 0 Å². The van der Waals surface area contributed by atoms with Crippen LogP contribution in [0.4, 0.5) is 20.6 Å². The van der Waals surface area contributed by atoms with Gasteiger partial charge in [0.15, 0.2) is 0 Å². The summed E-state index contributed by atoms with van der Waals surface area (Å²) in [5.74, 6) is -0.153. The maximum Gasteiger partial charge on any atom is 0.411 e. The van der Waals surface area contributed by atoms with Gasteiger partial charge in [0.05, 0.1) is 36.9 Å². The molecule has 5 rings (SSSR count). The summed E-state index contributed by atoms with van der Waals surface area (Å²) in [6.45, 7) is 8.02. The molecular formula is C23H27FN6O4. The summed E-state index contributed by atoms with van der Waals surface area (Å²) >= 11 is 0. The maximum atomic E-state index is 14.1. The SMILES string of the molecule is CC(C)OC(=O)Nc1cnc2nc(-c3cc(NC=O)ccc3F)cn2c1.CN1CC2(COC2)C1. The van der Waals surface area contributed by atoms with Crippen molar-refractivity contribution in [3.05, 3.63) is 42.6 Å². The molecule has 3 aromatic rings. The number of hydrogen-bond donors (Lipinski definition) is 2. The number of halogens is 1. The fourth-order valence-corrected chi connectivity index (χ4v) is 3.99. The van der Waals surface area contributed by atoms with E-state index in [1.54, 1.807) is 30.6 Å². The molecule has 4 heterocycles. The van der Waals surface area contributed by atoms with Crippen molar-refractivity contribution < 1.29 is 23.5 Å². The third-order valence-electron chi connectivity index (χ3n) is 5.39. The molecule has 11 heteroatoms. The smallest absolute Gasteiger partial charge is 0.411 e. The van der Waals surface area contributed by atoms with Gasteiger partial charge in [0.25, 0.3) is 0 Å². The molecule has 10 nitrogen and oxygen atoms in total. The number of ether oxygens (including phenoxy) is 2. The summed E-state index contributed by atoms with van der Waals surface area (Å²) in [4.78, 5) is 33.0. The molecule has 0 saturated carbocycles. The first-order chi connectivity index (χ1) is 16.3. The zero-order chi connectivity index (χ0) is 24.3. The molecule has 0 aliphatic carbocycles. The average molecular weight is 471 g/mol. The van der Waals surface area contributed by atoms with E-state index in [2.05, 4.69) is 32.5 Å². The lowest BCUT2D eigenvalue weighted by Crippen LogP contribution is -2.64. The van der Waals surface area contributed by atoms with Crippen molar-refractivity contribution in [1.82, 2.24) is 19.3 Å². The minimum absolute atomic E-state index is 0.219. The van der Waals surface area contributed by atoms with Crippen LogP contribution >= 0.6 is 0 Å². The second-order valence-electron chi connectivity index (χ2n) is 8.88. The van der Waals surface area contributed by atoms with Gasteiger partial charge in [0.2, 0.25) is 12.2 Å². The number of anilines is 2. The van der Waals surface area contributed by atoms with Gasteiger partial charge in [-0.1, -0.05) is 0 Å². The van der Waals surface area contributed by atoms with Gasteiger partial charge in [-0.3, -0.25) is 14.5 Å². The predicted molar refractivity (Wildman–Crippen MR) is 124 cm³/mol. The third-order valence-corrected chi connectivity index (χ3v) is 5.39. The van der Waals surface area contributed by atoms with Crippen LogP contribution in [0.15, 0.2) is 36.8 Å². The van der Waals surface area contributed by atoms with Crippen LogP contribution in [0.2, 0.25) is 0 Å². The lowest BCUT2D eigenvalue weighted by atomic mass is 9.79. The van der Waals surface area contributed by atoms with Gasteiger partial charge in [0.1, 0.15) is 5.82 Å². The van der Waals surface area contributed by atoms with Gasteiger partial charge < -0.3 is 19.7 Å². The Kier molecular flexibility index (Phi) is 6.75. The highest BCUT2D eigenvalue weighted by Crippen LogP contribution is 2.36. The quantitative estimate of drug-likeness (QED) is 0.552. The number of nitrogens with zero attached hydrogens (tertiary/aromatic N) is 4. The van der Waals surface area contributed by atoms with Crippen molar-refractivity contribution in [1.29, 1.82) is 0 Å². The average Bonchev–Trinajstić information content (AvgIpc) is 3.14. The highest BCUT2D eigenvalue weighted by Gasteiger charge is 2.47. The Morgan fingerprint density at radius 1 is 1.26 bits per heavy atom. The number of likely N-dealkylation sites (tertiary alicyclic amines) is 1. The van der Waals surface area contributed by atoms with Gasteiger partial charge in [-0.25, -0.2) is 19.2 Å². The van der Waals surface area contributed by atoms with E-state index in [0.29, 0.717) is 34.7 Å². The number of amides is 2. The normalized spacial score (nSPS) is 16.3. The monoisotopic (exact) mass is 470 g/mol. The minimum atomic E-state index is -0.597. The standard InChI is InChI=1S/C17H16FN5O3.C6H11NO/c1-10(2)26-17(25)21-12-6-19-16-22-15(8-23(16)7-12)13-5-11(20-9-24)3-4-14(13)18;1-7-2-6(3-7)4-8-5-6/h3-10H,1-2H3,(H,20,24)(H,21,25);2-5H2,1H3. The van der Waals surface area contributed by atoms with Crippen molar-refractivity contribution in [3.63, 3.8) is 0 Å². The molecule has 2 N–H and O–H groups in total. The Labute approximate surface area is 196 Å². The number of benzene rings is 1. The van der Waals surface area contributed by atoms with E-state index in [1.165, 1.54) is 37.5 Å². The summed E-state index contributed by atoms with van der Waals surface area (Å²) in [6, 6.07) is 4.17. The maximum absolute atomic E-state index is 14.1. The molecule has 34 heavy (non-hydrogen) atoms. The molecule has 1 spiro atoms. The van der Waals surface area contributed by atoms with Crippen molar-refractivity contribution in [3.8, 4) is 11.3 Å². The first kappa shape index (κ1) is 23.6. The van der Waals surface area contributed by atoms with Crippen LogP contribution in [0.3, 0.4) is 0 Å². The first-order valence-corrected chi connectivity index (χ1v) is 10.9. The van der Waals surface area contributed by atoms with E-state index in [0.717, 1.165) is 13.2 Å². The fourth-order valence-electron chi connectivity index (χ4n) is 3.99. The van der Waals surface area contributed by atoms with Crippen LogP contribution in [0.5, 0.6) is 0 Å². The van der Waals surface area contributed by atoms with Crippen molar-refractivity contribution in [2.75, 3.05) is 44.0 Å². The summed E-state index contributed by atoms with van der Waals surface area (Å²) in [5.41, 5.74) is 2.03. The summed E-state index contributed by atoms with van der Waals surface area (Å²) in [6.07, 6.45) is 4.25. The Bertz CT molecular complexity index is 1190. The van der Waals surface area contributed by atoms with Gasteiger partial charge in [-0.2, -0.15) is 0 Å². The second kappa shape index (κ2) is 9.74. The number of aromatic nitrogens is 3. The molecule has 180 valence electrons. The molecule has 2 fully saturated rings. The fraction of sp³-hybridized carbons (Fsp3) is 0.391. The largest absolute Gasteiger partial charge is 0.447 e. The minimum Gasteiger partial charge on any atom is -0.447 e. The number of rotatable bonds is 5. The van der Waals surface area contributed by atoms with Crippen molar-refractivity contribution in [2.24, 2.45) is 5.41 Å². The molecule has 2 aliphatic rings. The summed E-state index contributed by atoms with van der Waals surface area (Å²) < 4.78 is 25.8. The molecule has 1 aromatic carbocycles. The molecule has 0 bridgehead atoms.